The molecular weight excluding hydrogens is 240 g/mol. The minimum atomic E-state index is 0.248. The van der Waals surface area contributed by atoms with Gasteiger partial charge in [0.1, 0.15) is 0 Å². The number of rotatable bonds is 7. The van der Waals surface area contributed by atoms with E-state index in [2.05, 4.69) is 17.3 Å². The molecule has 2 aliphatic rings. The van der Waals surface area contributed by atoms with Crippen LogP contribution in [0, 0.1) is 5.92 Å². The first-order valence-corrected chi connectivity index (χ1v) is 7.81. The maximum absolute atomic E-state index is 5.65. The molecule has 0 bridgehead atoms. The van der Waals surface area contributed by atoms with Crippen LogP contribution in [0.3, 0.4) is 0 Å². The highest BCUT2D eigenvalue weighted by Crippen LogP contribution is 2.27. The highest BCUT2D eigenvalue weighted by molar-refractivity contribution is 4.97. The second-order valence-corrected chi connectivity index (χ2v) is 6.03. The molecule has 19 heavy (non-hydrogen) atoms. The van der Waals surface area contributed by atoms with Crippen molar-refractivity contribution < 1.29 is 9.47 Å². The Hall–Kier alpha value is -0.160. The first-order valence-electron chi connectivity index (χ1n) is 7.81. The maximum Gasteiger partial charge on any atom is 0.0986 e. The van der Waals surface area contributed by atoms with E-state index >= 15 is 0 Å². The van der Waals surface area contributed by atoms with Gasteiger partial charge in [0.15, 0.2) is 0 Å². The van der Waals surface area contributed by atoms with Crippen molar-refractivity contribution in [3.8, 4) is 0 Å². The summed E-state index contributed by atoms with van der Waals surface area (Å²) in [7, 11) is 4.02. The van der Waals surface area contributed by atoms with Crippen molar-refractivity contribution in [2.75, 3.05) is 40.4 Å². The van der Waals surface area contributed by atoms with Gasteiger partial charge in [0.25, 0.3) is 0 Å². The van der Waals surface area contributed by atoms with Gasteiger partial charge in [0.2, 0.25) is 0 Å². The van der Waals surface area contributed by atoms with Crippen LogP contribution in [0.2, 0.25) is 0 Å². The average Bonchev–Trinajstić information content (AvgIpc) is 2.39. The van der Waals surface area contributed by atoms with Crippen molar-refractivity contribution in [2.45, 2.75) is 50.9 Å². The summed E-state index contributed by atoms with van der Waals surface area (Å²) < 4.78 is 11.2. The molecule has 0 aromatic carbocycles. The smallest absolute Gasteiger partial charge is 0.0986 e. The maximum atomic E-state index is 5.65. The van der Waals surface area contributed by atoms with Gasteiger partial charge in [-0.2, -0.15) is 0 Å². The van der Waals surface area contributed by atoms with Crippen LogP contribution in [0.5, 0.6) is 0 Å². The van der Waals surface area contributed by atoms with E-state index < -0.39 is 0 Å². The average molecular weight is 270 g/mol. The van der Waals surface area contributed by atoms with Crippen LogP contribution in [0.25, 0.3) is 0 Å². The lowest BCUT2D eigenvalue weighted by Gasteiger charge is -2.43. The van der Waals surface area contributed by atoms with Crippen molar-refractivity contribution in [2.24, 2.45) is 5.92 Å². The monoisotopic (exact) mass is 270 g/mol. The summed E-state index contributed by atoms with van der Waals surface area (Å²) in [6.45, 7) is 6.49. The second kappa shape index (κ2) is 7.58. The molecule has 0 aromatic rings. The van der Waals surface area contributed by atoms with Crippen molar-refractivity contribution in [1.82, 2.24) is 10.2 Å². The molecule has 1 aliphatic carbocycles. The van der Waals surface area contributed by atoms with Crippen LogP contribution in [0.15, 0.2) is 0 Å². The molecule has 2 rings (SSSR count). The minimum absolute atomic E-state index is 0.248. The van der Waals surface area contributed by atoms with Gasteiger partial charge >= 0.3 is 0 Å². The van der Waals surface area contributed by atoms with Crippen LogP contribution in [0.1, 0.15) is 32.6 Å². The molecule has 1 heterocycles. The summed E-state index contributed by atoms with van der Waals surface area (Å²) in [6, 6.07) is 0.493. The Balaban J connectivity index is 1.59. The number of nitrogens with zero attached hydrogens (tertiary/aromatic N) is 1. The van der Waals surface area contributed by atoms with E-state index in [1.807, 2.05) is 6.92 Å². The molecule has 1 saturated carbocycles. The Morgan fingerprint density at radius 3 is 2.63 bits per heavy atom. The van der Waals surface area contributed by atoms with Gasteiger partial charge < -0.3 is 19.7 Å². The van der Waals surface area contributed by atoms with Crippen LogP contribution >= 0.6 is 0 Å². The molecule has 112 valence electrons. The zero-order chi connectivity index (χ0) is 13.7. The van der Waals surface area contributed by atoms with Gasteiger partial charge in [-0.3, -0.25) is 0 Å². The van der Waals surface area contributed by atoms with E-state index in [9.17, 15) is 0 Å². The minimum Gasteiger partial charge on any atom is -0.377 e. The number of ether oxygens (including phenoxy) is 2. The van der Waals surface area contributed by atoms with Crippen molar-refractivity contribution >= 4 is 0 Å². The summed E-state index contributed by atoms with van der Waals surface area (Å²) >= 11 is 0. The molecule has 2 fully saturated rings. The SMILES string of the molecule is CCOC1CC(NCCC2CCN(C)CC2)C1OC. The predicted molar refractivity (Wildman–Crippen MR) is 77.5 cm³/mol. The van der Waals surface area contributed by atoms with E-state index in [4.69, 9.17) is 9.47 Å². The summed E-state index contributed by atoms with van der Waals surface area (Å²) in [5.41, 5.74) is 0. The lowest BCUT2D eigenvalue weighted by molar-refractivity contribution is -0.131. The topological polar surface area (TPSA) is 33.7 Å². The molecule has 1 N–H and O–H groups in total. The van der Waals surface area contributed by atoms with Crippen LogP contribution in [-0.2, 0) is 9.47 Å². The Kier molecular flexibility index (Phi) is 6.07. The fraction of sp³-hybridized carbons (Fsp3) is 1.00. The standard InChI is InChI=1S/C15H30N2O2/c1-4-19-14-11-13(15(14)18-3)16-8-5-12-6-9-17(2)10-7-12/h12-16H,4-11H2,1-3H3. The third-order valence-electron chi connectivity index (χ3n) is 4.70. The fourth-order valence-electron chi connectivity index (χ4n) is 3.30. The summed E-state index contributed by atoms with van der Waals surface area (Å²) in [6.07, 6.45) is 5.67. The normalized spacial score (nSPS) is 33.3. The summed E-state index contributed by atoms with van der Waals surface area (Å²) in [4.78, 5) is 2.43. The second-order valence-electron chi connectivity index (χ2n) is 6.03. The van der Waals surface area contributed by atoms with Crippen LogP contribution in [0.4, 0.5) is 0 Å². The number of piperidine rings is 1. The highest BCUT2D eigenvalue weighted by atomic mass is 16.5. The van der Waals surface area contributed by atoms with Gasteiger partial charge in [0.05, 0.1) is 12.2 Å². The highest BCUT2D eigenvalue weighted by Gasteiger charge is 2.41. The molecule has 0 amide bonds. The molecular formula is C15H30N2O2. The third kappa shape index (κ3) is 4.15. The van der Waals surface area contributed by atoms with E-state index in [0.717, 1.165) is 25.5 Å². The van der Waals surface area contributed by atoms with E-state index in [1.165, 1.54) is 32.4 Å². The Bertz CT molecular complexity index is 255. The number of hydrogen-bond acceptors (Lipinski definition) is 4. The molecule has 1 aliphatic heterocycles. The number of likely N-dealkylation sites (tertiary alicyclic amines) is 1. The number of hydrogen-bond donors (Lipinski definition) is 1. The van der Waals surface area contributed by atoms with E-state index in [1.54, 1.807) is 7.11 Å². The molecule has 0 spiro atoms. The summed E-state index contributed by atoms with van der Waals surface area (Å²) in [5, 5.41) is 3.65. The lowest BCUT2D eigenvalue weighted by Crippen LogP contribution is -2.60. The summed E-state index contributed by atoms with van der Waals surface area (Å²) in [5.74, 6) is 0.910. The fourth-order valence-corrected chi connectivity index (χ4v) is 3.30. The molecule has 4 heteroatoms. The Morgan fingerprint density at radius 2 is 2.00 bits per heavy atom. The van der Waals surface area contributed by atoms with Gasteiger partial charge in [-0.05, 0) is 65.2 Å². The van der Waals surface area contributed by atoms with Crippen molar-refractivity contribution in [3.05, 3.63) is 0 Å². The van der Waals surface area contributed by atoms with Gasteiger partial charge in [-0.1, -0.05) is 0 Å². The van der Waals surface area contributed by atoms with Crippen LogP contribution in [-0.4, -0.2) is 63.5 Å². The molecule has 3 atom stereocenters. The van der Waals surface area contributed by atoms with Gasteiger partial charge in [0, 0.05) is 19.8 Å². The zero-order valence-electron chi connectivity index (χ0n) is 12.7. The number of methoxy groups -OCH3 is 1. The number of nitrogens with one attached hydrogen (secondary N) is 1. The molecule has 0 aromatic heterocycles. The quantitative estimate of drug-likeness (QED) is 0.760. The Morgan fingerprint density at radius 1 is 1.26 bits per heavy atom. The van der Waals surface area contributed by atoms with Gasteiger partial charge in [-0.25, -0.2) is 0 Å². The zero-order valence-corrected chi connectivity index (χ0v) is 12.7. The van der Waals surface area contributed by atoms with Crippen LogP contribution < -0.4 is 5.32 Å². The predicted octanol–water partition coefficient (Wildman–Crippen LogP) is 1.50. The van der Waals surface area contributed by atoms with Crippen molar-refractivity contribution in [3.63, 3.8) is 0 Å². The lowest BCUT2D eigenvalue weighted by atomic mass is 9.84. The first-order chi connectivity index (χ1) is 9.24. The molecule has 3 unspecified atom stereocenters. The Labute approximate surface area is 117 Å². The molecule has 4 nitrogen and oxygen atoms in total. The van der Waals surface area contributed by atoms with E-state index in [0.29, 0.717) is 12.1 Å². The van der Waals surface area contributed by atoms with Crippen molar-refractivity contribution in [1.29, 1.82) is 0 Å². The first kappa shape index (κ1) is 15.2. The third-order valence-corrected chi connectivity index (χ3v) is 4.70. The molecule has 0 radical (unpaired) electrons. The van der Waals surface area contributed by atoms with E-state index in [-0.39, 0.29) is 6.10 Å². The van der Waals surface area contributed by atoms with Gasteiger partial charge in [-0.15, -0.1) is 0 Å². The largest absolute Gasteiger partial charge is 0.377 e. The molecule has 1 saturated heterocycles.